The number of rotatable bonds is 5. The maximum Gasteiger partial charge on any atom is 0.416 e. The maximum absolute atomic E-state index is 12.6. The van der Waals surface area contributed by atoms with Crippen LogP contribution in [0.4, 0.5) is 13.2 Å². The van der Waals surface area contributed by atoms with E-state index < -0.39 is 11.7 Å². The molecule has 0 aromatic heterocycles. The van der Waals surface area contributed by atoms with E-state index in [9.17, 15) is 13.2 Å². The van der Waals surface area contributed by atoms with E-state index in [1.165, 1.54) is 12.1 Å². The van der Waals surface area contributed by atoms with Gasteiger partial charge in [-0.1, -0.05) is 30.9 Å². The molecule has 0 aliphatic carbocycles. The minimum Gasteiger partial charge on any atom is -0.381 e. The van der Waals surface area contributed by atoms with Crippen molar-refractivity contribution >= 4 is 12.3 Å². The molecule has 1 aliphatic heterocycles. The highest BCUT2D eigenvalue weighted by Gasteiger charge is 2.31. The highest BCUT2D eigenvalue weighted by Crippen LogP contribution is 2.29. The molecule has 0 fully saturated rings. The number of allylic oxidation sites excluding steroid dienone is 2. The van der Waals surface area contributed by atoms with E-state index in [2.05, 4.69) is 29.9 Å². The molecular formula is C20H23F3N2. The Labute approximate surface area is 146 Å². The summed E-state index contributed by atoms with van der Waals surface area (Å²) in [6, 6.07) is 5.10. The van der Waals surface area contributed by atoms with Gasteiger partial charge in [0, 0.05) is 18.0 Å². The molecule has 0 radical (unpaired) electrons. The Kier molecular flexibility index (Phi) is 5.55. The van der Waals surface area contributed by atoms with Gasteiger partial charge in [-0.2, -0.15) is 13.2 Å². The monoisotopic (exact) mass is 348 g/mol. The highest BCUT2D eigenvalue weighted by molar-refractivity contribution is 5.79. The Morgan fingerprint density at radius 1 is 1.32 bits per heavy atom. The summed E-state index contributed by atoms with van der Waals surface area (Å²) in [4.78, 5) is 4.62. The number of hydrogen-bond donors (Lipinski definition) is 1. The fourth-order valence-corrected chi connectivity index (χ4v) is 2.47. The van der Waals surface area contributed by atoms with Gasteiger partial charge in [-0.25, -0.2) is 0 Å². The Bertz CT molecular complexity index is 711. The summed E-state index contributed by atoms with van der Waals surface area (Å²) in [6.07, 6.45) is 4.06. The number of nitrogens with zero attached hydrogens (tertiary/aromatic N) is 1. The number of dihydropyridines is 1. The van der Waals surface area contributed by atoms with Gasteiger partial charge in [-0.05, 0) is 56.5 Å². The molecule has 1 N–H and O–H groups in total. The molecule has 0 saturated carbocycles. The number of benzene rings is 1. The summed E-state index contributed by atoms with van der Waals surface area (Å²) < 4.78 is 37.7. The van der Waals surface area contributed by atoms with Crippen LogP contribution in [-0.4, -0.2) is 17.8 Å². The number of alkyl halides is 3. The molecule has 25 heavy (non-hydrogen) atoms. The van der Waals surface area contributed by atoms with Crippen molar-refractivity contribution in [2.75, 3.05) is 0 Å². The third-order valence-corrected chi connectivity index (χ3v) is 4.45. The average molecular weight is 348 g/mol. The van der Waals surface area contributed by atoms with E-state index in [1.54, 1.807) is 12.2 Å². The van der Waals surface area contributed by atoms with Crippen LogP contribution in [0.2, 0.25) is 0 Å². The Morgan fingerprint density at radius 2 is 1.96 bits per heavy atom. The van der Waals surface area contributed by atoms with Crippen LogP contribution in [0, 0.1) is 0 Å². The summed E-state index contributed by atoms with van der Waals surface area (Å²) in [5, 5.41) is 3.31. The van der Waals surface area contributed by atoms with E-state index in [0.717, 1.165) is 24.1 Å². The Balaban J connectivity index is 1.96. The summed E-state index contributed by atoms with van der Waals surface area (Å²) in [6.45, 7) is 10.1. The molecule has 2 nitrogen and oxygen atoms in total. The molecule has 1 aliphatic rings. The molecular weight excluding hydrogens is 325 g/mol. The zero-order chi connectivity index (χ0) is 18.7. The first-order valence-corrected chi connectivity index (χ1v) is 8.13. The molecule has 2 rings (SSSR count). The molecule has 0 bridgehead atoms. The lowest BCUT2D eigenvalue weighted by Crippen LogP contribution is -2.45. The van der Waals surface area contributed by atoms with Gasteiger partial charge in [-0.3, -0.25) is 4.99 Å². The Hall–Kier alpha value is -2.30. The molecule has 1 aromatic carbocycles. The van der Waals surface area contributed by atoms with Crippen LogP contribution in [-0.2, 0) is 6.18 Å². The van der Waals surface area contributed by atoms with Gasteiger partial charge >= 0.3 is 6.18 Å². The van der Waals surface area contributed by atoms with E-state index in [1.807, 2.05) is 20.1 Å². The van der Waals surface area contributed by atoms with Gasteiger partial charge in [0.05, 0.1) is 11.1 Å². The topological polar surface area (TPSA) is 24.4 Å². The van der Waals surface area contributed by atoms with E-state index in [-0.39, 0.29) is 11.6 Å². The Morgan fingerprint density at radius 3 is 2.48 bits per heavy atom. The summed E-state index contributed by atoms with van der Waals surface area (Å²) in [5.74, 6) is 0. The quantitative estimate of drug-likeness (QED) is 0.709. The van der Waals surface area contributed by atoms with Gasteiger partial charge in [-0.15, -0.1) is 0 Å². The lowest BCUT2D eigenvalue weighted by atomic mass is 9.87. The normalized spacial score (nSPS) is 21.9. The van der Waals surface area contributed by atoms with E-state index in [4.69, 9.17) is 0 Å². The van der Waals surface area contributed by atoms with Gasteiger partial charge in [0.1, 0.15) is 0 Å². The van der Waals surface area contributed by atoms with Crippen molar-refractivity contribution in [2.45, 2.75) is 44.9 Å². The van der Waals surface area contributed by atoms with Crippen molar-refractivity contribution in [3.05, 3.63) is 65.4 Å². The minimum atomic E-state index is -4.31. The SMILES string of the molecule is C=C(/C=C/c1ccc(C(F)(F)F)cc1)NC(C)C1(C)CC=C(C)C=N1. The molecule has 134 valence electrons. The van der Waals surface area contributed by atoms with Crippen LogP contribution in [0.3, 0.4) is 0 Å². The summed E-state index contributed by atoms with van der Waals surface area (Å²) >= 11 is 0. The predicted molar refractivity (Wildman–Crippen MR) is 97.5 cm³/mol. The smallest absolute Gasteiger partial charge is 0.381 e. The molecule has 1 aromatic rings. The molecule has 0 spiro atoms. The number of nitrogens with one attached hydrogen (secondary N) is 1. The molecule has 1 heterocycles. The molecule has 0 saturated heterocycles. The first-order chi connectivity index (χ1) is 11.6. The van der Waals surface area contributed by atoms with Crippen molar-refractivity contribution < 1.29 is 13.2 Å². The predicted octanol–water partition coefficient (Wildman–Crippen LogP) is 5.39. The van der Waals surface area contributed by atoms with Crippen LogP contribution in [0.15, 0.2) is 59.3 Å². The van der Waals surface area contributed by atoms with Crippen molar-refractivity contribution in [1.82, 2.24) is 5.32 Å². The minimum absolute atomic E-state index is 0.0675. The lowest BCUT2D eigenvalue weighted by Gasteiger charge is -2.34. The van der Waals surface area contributed by atoms with Gasteiger partial charge in [0.25, 0.3) is 0 Å². The summed E-state index contributed by atoms with van der Waals surface area (Å²) in [7, 11) is 0. The van der Waals surface area contributed by atoms with Crippen LogP contribution in [0.25, 0.3) is 6.08 Å². The third kappa shape index (κ3) is 5.08. The fourth-order valence-electron chi connectivity index (χ4n) is 2.47. The first kappa shape index (κ1) is 19.0. The maximum atomic E-state index is 12.6. The van der Waals surface area contributed by atoms with E-state index >= 15 is 0 Å². The van der Waals surface area contributed by atoms with Crippen LogP contribution < -0.4 is 5.32 Å². The number of halogens is 3. The van der Waals surface area contributed by atoms with Crippen molar-refractivity contribution in [3.8, 4) is 0 Å². The third-order valence-electron chi connectivity index (χ3n) is 4.45. The standard InChI is InChI=1S/C20H23F3N2/c1-14-11-12-19(4,24-13-14)16(3)25-15(2)5-6-17-7-9-18(10-8-17)20(21,22)23/h5-11,13,16,25H,2,12H2,1,3-4H3/b6-5+. The number of aliphatic imine (C=N–C) groups is 1. The molecule has 0 amide bonds. The second kappa shape index (κ2) is 7.30. The molecule has 2 unspecified atom stereocenters. The van der Waals surface area contributed by atoms with Gasteiger partial charge < -0.3 is 5.32 Å². The van der Waals surface area contributed by atoms with Crippen molar-refractivity contribution in [2.24, 2.45) is 4.99 Å². The van der Waals surface area contributed by atoms with Crippen LogP contribution in [0.5, 0.6) is 0 Å². The van der Waals surface area contributed by atoms with Gasteiger partial charge in [0.2, 0.25) is 0 Å². The zero-order valence-corrected chi connectivity index (χ0v) is 14.7. The van der Waals surface area contributed by atoms with Crippen LogP contribution in [0.1, 0.15) is 38.3 Å². The van der Waals surface area contributed by atoms with Crippen molar-refractivity contribution in [3.63, 3.8) is 0 Å². The largest absolute Gasteiger partial charge is 0.416 e. The number of hydrogen-bond acceptors (Lipinski definition) is 2. The second-order valence-electron chi connectivity index (χ2n) is 6.61. The first-order valence-electron chi connectivity index (χ1n) is 8.13. The van der Waals surface area contributed by atoms with Crippen LogP contribution >= 0.6 is 0 Å². The lowest BCUT2D eigenvalue weighted by molar-refractivity contribution is -0.137. The zero-order valence-electron chi connectivity index (χ0n) is 14.7. The highest BCUT2D eigenvalue weighted by atomic mass is 19.4. The molecule has 5 heteroatoms. The van der Waals surface area contributed by atoms with Gasteiger partial charge in [0.15, 0.2) is 0 Å². The second-order valence-corrected chi connectivity index (χ2v) is 6.61. The average Bonchev–Trinajstić information content (AvgIpc) is 2.55. The summed E-state index contributed by atoms with van der Waals surface area (Å²) in [5.41, 5.74) is 1.64. The van der Waals surface area contributed by atoms with Crippen molar-refractivity contribution in [1.29, 1.82) is 0 Å². The molecule has 2 atom stereocenters. The fraction of sp³-hybridized carbons (Fsp3) is 0.350. The van der Waals surface area contributed by atoms with E-state index in [0.29, 0.717) is 11.3 Å².